The van der Waals surface area contributed by atoms with E-state index in [-0.39, 0.29) is 17.9 Å². The molecule has 0 saturated heterocycles. The lowest BCUT2D eigenvalue weighted by Gasteiger charge is -2.10. The van der Waals surface area contributed by atoms with Gasteiger partial charge in [-0.05, 0) is 26.7 Å². The van der Waals surface area contributed by atoms with Crippen LogP contribution < -0.4 is 11.2 Å². The number of aromatic nitrogens is 4. The Bertz CT molecular complexity index is 742. The van der Waals surface area contributed by atoms with Crippen LogP contribution in [-0.4, -0.2) is 30.4 Å². The van der Waals surface area contributed by atoms with Crippen LogP contribution in [0.4, 0.5) is 0 Å². The summed E-state index contributed by atoms with van der Waals surface area (Å²) in [5.74, 6) is 0. The lowest BCUT2D eigenvalue weighted by atomic mass is 10.2. The zero-order valence-corrected chi connectivity index (χ0v) is 13.3. The number of aliphatic hydroxyl groups is 1. The highest BCUT2D eigenvalue weighted by molar-refractivity contribution is 5.70. The van der Waals surface area contributed by atoms with Crippen molar-refractivity contribution in [1.82, 2.24) is 18.7 Å². The highest BCUT2D eigenvalue weighted by atomic mass is 16.3. The summed E-state index contributed by atoms with van der Waals surface area (Å²) in [6.45, 7) is 5.55. The molecule has 2 aromatic rings. The van der Waals surface area contributed by atoms with Gasteiger partial charge in [0.1, 0.15) is 0 Å². The number of fused-ring (bicyclic) bond motifs is 1. The Hall–Kier alpha value is -1.89. The van der Waals surface area contributed by atoms with Gasteiger partial charge in [0.25, 0.3) is 5.56 Å². The number of aryl methyl sites for hydroxylation is 2. The largest absolute Gasteiger partial charge is 0.396 e. The van der Waals surface area contributed by atoms with Crippen molar-refractivity contribution in [2.45, 2.75) is 59.2 Å². The van der Waals surface area contributed by atoms with Gasteiger partial charge in [0, 0.05) is 26.2 Å². The van der Waals surface area contributed by atoms with Crippen LogP contribution in [0.2, 0.25) is 0 Å². The highest BCUT2D eigenvalue weighted by Gasteiger charge is 2.16. The number of imidazole rings is 1. The third-order valence-electron chi connectivity index (χ3n) is 3.93. The Labute approximate surface area is 128 Å². The summed E-state index contributed by atoms with van der Waals surface area (Å²) in [5.41, 5.74) is 0.421. The molecule has 0 aliphatic heterocycles. The van der Waals surface area contributed by atoms with E-state index in [2.05, 4.69) is 4.98 Å². The summed E-state index contributed by atoms with van der Waals surface area (Å²) in [7, 11) is 0. The van der Waals surface area contributed by atoms with Gasteiger partial charge in [-0.15, -0.1) is 0 Å². The predicted molar refractivity (Wildman–Crippen MR) is 85.2 cm³/mol. The lowest BCUT2D eigenvalue weighted by Crippen LogP contribution is -2.40. The van der Waals surface area contributed by atoms with Crippen molar-refractivity contribution < 1.29 is 5.11 Å². The summed E-state index contributed by atoms with van der Waals surface area (Å²) < 4.78 is 4.65. The first-order chi connectivity index (χ1) is 10.7. The molecule has 0 amide bonds. The second-order valence-electron chi connectivity index (χ2n) is 5.32. The van der Waals surface area contributed by atoms with Gasteiger partial charge in [-0.1, -0.05) is 12.8 Å². The number of hydrogen-bond donors (Lipinski definition) is 1. The molecule has 0 aliphatic rings. The lowest BCUT2D eigenvalue weighted by molar-refractivity contribution is 0.282. The van der Waals surface area contributed by atoms with Gasteiger partial charge in [-0.25, -0.2) is 9.78 Å². The topological polar surface area (TPSA) is 82.1 Å². The number of nitrogens with zero attached hydrogens (tertiary/aromatic N) is 4. The van der Waals surface area contributed by atoms with Gasteiger partial charge in [0.2, 0.25) is 0 Å². The van der Waals surface area contributed by atoms with Gasteiger partial charge in [-0.3, -0.25) is 13.9 Å². The molecule has 1 N–H and O–H groups in total. The standard InChI is InChI=1S/C15H24N4O3/c1-3-17-11-16-13-12(17)14(21)19(15(22)18(13)4-2)9-7-5-6-8-10-20/h11,20H,3-10H2,1-2H3. The van der Waals surface area contributed by atoms with Crippen molar-refractivity contribution in [3.05, 3.63) is 27.2 Å². The monoisotopic (exact) mass is 308 g/mol. The first kappa shape index (κ1) is 16.5. The maximum Gasteiger partial charge on any atom is 0.332 e. The molecule has 0 aliphatic carbocycles. The summed E-state index contributed by atoms with van der Waals surface area (Å²) >= 11 is 0. The van der Waals surface area contributed by atoms with Gasteiger partial charge >= 0.3 is 5.69 Å². The zero-order valence-electron chi connectivity index (χ0n) is 13.3. The van der Waals surface area contributed by atoms with E-state index in [0.29, 0.717) is 30.8 Å². The Morgan fingerprint density at radius 2 is 1.77 bits per heavy atom. The summed E-state index contributed by atoms with van der Waals surface area (Å²) in [5, 5.41) is 8.77. The van der Waals surface area contributed by atoms with E-state index in [4.69, 9.17) is 5.11 Å². The number of rotatable bonds is 8. The third kappa shape index (κ3) is 2.99. The molecule has 0 bridgehead atoms. The average molecular weight is 308 g/mol. The minimum Gasteiger partial charge on any atom is -0.396 e. The molecule has 0 atom stereocenters. The molecule has 2 aromatic heterocycles. The first-order valence-corrected chi connectivity index (χ1v) is 7.95. The predicted octanol–water partition coefficient (Wildman–Crippen LogP) is 0.952. The van der Waals surface area contributed by atoms with Crippen molar-refractivity contribution in [2.75, 3.05) is 6.61 Å². The van der Waals surface area contributed by atoms with Gasteiger partial charge in [-0.2, -0.15) is 0 Å². The average Bonchev–Trinajstić information content (AvgIpc) is 2.94. The van der Waals surface area contributed by atoms with Crippen molar-refractivity contribution >= 4 is 11.2 Å². The molecule has 2 heterocycles. The second kappa shape index (κ2) is 7.40. The van der Waals surface area contributed by atoms with Crippen LogP contribution in [0, 0.1) is 0 Å². The smallest absolute Gasteiger partial charge is 0.332 e. The molecular weight excluding hydrogens is 284 g/mol. The molecule has 0 radical (unpaired) electrons. The quantitative estimate of drug-likeness (QED) is 0.736. The summed E-state index contributed by atoms with van der Waals surface area (Å²) in [6, 6.07) is 0. The normalized spacial score (nSPS) is 11.4. The van der Waals surface area contributed by atoms with Crippen molar-refractivity contribution in [3.8, 4) is 0 Å². The van der Waals surface area contributed by atoms with Crippen LogP contribution in [0.15, 0.2) is 15.9 Å². The van der Waals surface area contributed by atoms with E-state index in [1.54, 1.807) is 15.5 Å². The van der Waals surface area contributed by atoms with Crippen molar-refractivity contribution in [1.29, 1.82) is 0 Å². The SMILES string of the molecule is CCn1cnc2c1c(=O)n(CCCCCCO)c(=O)n2CC. The van der Waals surface area contributed by atoms with Crippen LogP contribution >= 0.6 is 0 Å². The minimum absolute atomic E-state index is 0.185. The number of aliphatic hydroxyl groups excluding tert-OH is 1. The third-order valence-corrected chi connectivity index (χ3v) is 3.93. The van der Waals surface area contributed by atoms with E-state index in [1.165, 1.54) is 4.57 Å². The summed E-state index contributed by atoms with van der Waals surface area (Å²) in [6.07, 6.45) is 4.93. The molecule has 0 fully saturated rings. The molecule has 0 saturated carbocycles. The van der Waals surface area contributed by atoms with E-state index in [1.807, 2.05) is 13.8 Å². The minimum atomic E-state index is -0.288. The Morgan fingerprint density at radius 3 is 2.41 bits per heavy atom. The molecule has 22 heavy (non-hydrogen) atoms. The van der Waals surface area contributed by atoms with E-state index in [9.17, 15) is 9.59 Å². The Balaban J connectivity index is 2.40. The Morgan fingerprint density at radius 1 is 1.05 bits per heavy atom. The highest BCUT2D eigenvalue weighted by Crippen LogP contribution is 2.07. The molecule has 0 aromatic carbocycles. The Kier molecular flexibility index (Phi) is 5.54. The van der Waals surface area contributed by atoms with Gasteiger partial charge < -0.3 is 9.67 Å². The van der Waals surface area contributed by atoms with E-state index in [0.717, 1.165) is 25.7 Å². The fraction of sp³-hybridized carbons (Fsp3) is 0.667. The fourth-order valence-electron chi connectivity index (χ4n) is 2.70. The molecule has 7 nitrogen and oxygen atoms in total. The van der Waals surface area contributed by atoms with Crippen molar-refractivity contribution in [2.24, 2.45) is 0 Å². The van der Waals surface area contributed by atoms with E-state index >= 15 is 0 Å². The van der Waals surface area contributed by atoms with Crippen LogP contribution in [0.25, 0.3) is 11.2 Å². The molecule has 7 heteroatoms. The maximum absolute atomic E-state index is 12.6. The van der Waals surface area contributed by atoms with Crippen LogP contribution in [0.5, 0.6) is 0 Å². The number of hydrogen-bond acceptors (Lipinski definition) is 4. The second-order valence-corrected chi connectivity index (χ2v) is 5.32. The van der Waals surface area contributed by atoms with Crippen molar-refractivity contribution in [3.63, 3.8) is 0 Å². The fourth-order valence-corrected chi connectivity index (χ4v) is 2.70. The molecule has 0 unspecified atom stereocenters. The molecular formula is C15H24N4O3. The van der Waals surface area contributed by atoms with Crippen LogP contribution in [0.1, 0.15) is 39.5 Å². The molecule has 2 rings (SSSR count). The zero-order chi connectivity index (χ0) is 16.1. The number of unbranched alkanes of at least 4 members (excludes halogenated alkanes) is 3. The van der Waals surface area contributed by atoms with Crippen LogP contribution in [0.3, 0.4) is 0 Å². The van der Waals surface area contributed by atoms with E-state index < -0.39 is 0 Å². The maximum atomic E-state index is 12.6. The van der Waals surface area contributed by atoms with Gasteiger partial charge in [0.15, 0.2) is 11.2 Å². The molecule has 0 spiro atoms. The molecule has 122 valence electrons. The summed E-state index contributed by atoms with van der Waals surface area (Å²) in [4.78, 5) is 29.3. The first-order valence-electron chi connectivity index (χ1n) is 7.95. The van der Waals surface area contributed by atoms with Crippen LogP contribution in [-0.2, 0) is 19.6 Å². The van der Waals surface area contributed by atoms with Gasteiger partial charge in [0.05, 0.1) is 6.33 Å².